The second-order valence-electron chi connectivity index (χ2n) is 16.5. The molecule has 9 unspecified atom stereocenters. The molecule has 5 bridgehead atoms. The van der Waals surface area contributed by atoms with Crippen LogP contribution in [0, 0.1) is 30.6 Å². The van der Waals surface area contributed by atoms with E-state index in [0.717, 1.165) is 0 Å². The number of fused-ring (bicyclic) bond motifs is 14. The monoisotopic (exact) mass is 810 g/mol. The third kappa shape index (κ3) is 9.59. The number of phenols is 2. The van der Waals surface area contributed by atoms with Gasteiger partial charge in [0, 0.05) is 72.8 Å². The topological polar surface area (TPSA) is 219 Å². The first kappa shape index (κ1) is 45.6. The number of ketones is 1. The Bertz CT molecular complexity index is 2010. The molecule has 2 aromatic carbocycles. The smallest absolute Gasteiger partial charge is 0.312 e. The van der Waals surface area contributed by atoms with E-state index in [1.54, 1.807) is 60.6 Å². The van der Waals surface area contributed by atoms with Crippen LogP contribution in [0.25, 0.3) is 10.8 Å². The first-order valence-corrected chi connectivity index (χ1v) is 19.2. The predicted molar refractivity (Wildman–Crippen MR) is 216 cm³/mol. The number of anilines is 1. The van der Waals surface area contributed by atoms with Gasteiger partial charge in [-0.3, -0.25) is 19.2 Å². The Balaban J connectivity index is 1.93. The van der Waals surface area contributed by atoms with E-state index in [4.69, 9.17) is 23.7 Å². The molecular weight excluding hydrogens is 752 g/mol. The van der Waals surface area contributed by atoms with Crippen LogP contribution in [0.1, 0.15) is 85.2 Å². The fourth-order valence-electron chi connectivity index (χ4n) is 7.35. The number of carbonyl (C=O) groups is 4. The third-order valence-electron chi connectivity index (χ3n) is 10.7. The Morgan fingerprint density at radius 2 is 1.62 bits per heavy atom. The van der Waals surface area contributed by atoms with Crippen molar-refractivity contribution in [3.63, 3.8) is 0 Å². The zero-order valence-corrected chi connectivity index (χ0v) is 35.3. The van der Waals surface area contributed by atoms with Crippen molar-refractivity contribution in [2.24, 2.45) is 23.7 Å². The summed E-state index contributed by atoms with van der Waals surface area (Å²) < 4.78 is 29.6. The molecular formula is C43H58N2O13. The van der Waals surface area contributed by atoms with Gasteiger partial charge in [-0.15, -0.1) is 0 Å². The first-order chi connectivity index (χ1) is 26.9. The largest absolute Gasteiger partial charge is 0.507 e. The van der Waals surface area contributed by atoms with E-state index in [1.807, 2.05) is 0 Å². The predicted octanol–water partition coefficient (Wildman–Crippen LogP) is 5.34. The molecule has 3 aliphatic rings. The number of hydrogen-bond donors (Lipinski definition) is 6. The van der Waals surface area contributed by atoms with E-state index >= 15 is 0 Å². The van der Waals surface area contributed by atoms with E-state index in [-0.39, 0.29) is 44.7 Å². The van der Waals surface area contributed by atoms with Gasteiger partial charge in [-0.25, -0.2) is 0 Å². The summed E-state index contributed by atoms with van der Waals surface area (Å²) in [5.41, 5.74) is -0.653. The van der Waals surface area contributed by atoms with Crippen LogP contribution in [0.4, 0.5) is 5.69 Å². The summed E-state index contributed by atoms with van der Waals surface area (Å²) in [6.07, 6.45) is 3.56. The van der Waals surface area contributed by atoms with Crippen molar-refractivity contribution in [2.75, 3.05) is 19.0 Å². The molecule has 58 heavy (non-hydrogen) atoms. The van der Waals surface area contributed by atoms with Crippen molar-refractivity contribution in [2.45, 2.75) is 112 Å². The lowest BCUT2D eigenvalue weighted by atomic mass is 9.78. The maximum absolute atomic E-state index is 14.4. The molecule has 6 N–H and O–H groups in total. The molecule has 0 radical (unpaired) electrons. The number of ether oxygens (including phenoxy) is 5. The zero-order valence-electron chi connectivity index (χ0n) is 35.3. The maximum Gasteiger partial charge on any atom is 0.312 e. The van der Waals surface area contributed by atoms with Gasteiger partial charge >= 0.3 is 11.8 Å². The van der Waals surface area contributed by atoms with Crippen molar-refractivity contribution in [1.29, 1.82) is 0 Å². The molecule has 5 rings (SSSR count). The molecule has 0 fully saturated rings. The number of nitrogens with one attached hydrogen (secondary N) is 2. The van der Waals surface area contributed by atoms with Crippen LogP contribution in [-0.4, -0.2) is 93.5 Å². The number of allylic oxidation sites excluding steroid dienone is 2. The molecule has 2 amide bonds. The summed E-state index contributed by atoms with van der Waals surface area (Å²) in [7, 11) is 1.43. The average molecular weight is 811 g/mol. The summed E-state index contributed by atoms with van der Waals surface area (Å²) in [4.78, 5) is 53.2. The van der Waals surface area contributed by atoms with Gasteiger partial charge in [-0.1, -0.05) is 45.9 Å². The highest BCUT2D eigenvalue weighted by atomic mass is 16.7. The molecule has 15 heteroatoms. The van der Waals surface area contributed by atoms with Crippen molar-refractivity contribution in [3.8, 4) is 23.0 Å². The van der Waals surface area contributed by atoms with Crippen LogP contribution in [0.3, 0.4) is 0 Å². The number of rotatable bonds is 5. The van der Waals surface area contributed by atoms with Gasteiger partial charge in [0.25, 0.3) is 17.6 Å². The van der Waals surface area contributed by atoms with Gasteiger partial charge in [0.15, 0.2) is 12.4 Å². The molecule has 0 aliphatic carbocycles. The Morgan fingerprint density at radius 3 is 2.22 bits per heavy atom. The van der Waals surface area contributed by atoms with E-state index < -0.39 is 101 Å². The molecule has 2 aromatic rings. The molecule has 318 valence electrons. The van der Waals surface area contributed by atoms with Gasteiger partial charge in [-0.2, -0.15) is 0 Å². The van der Waals surface area contributed by atoms with E-state index in [9.17, 15) is 39.6 Å². The van der Waals surface area contributed by atoms with Gasteiger partial charge < -0.3 is 54.7 Å². The molecule has 0 spiro atoms. The van der Waals surface area contributed by atoms with E-state index in [1.165, 1.54) is 59.3 Å². The number of benzene rings is 2. The van der Waals surface area contributed by atoms with Crippen LogP contribution >= 0.6 is 0 Å². The lowest BCUT2D eigenvalue weighted by molar-refractivity contribution is -0.160. The highest BCUT2D eigenvalue weighted by Crippen LogP contribution is 2.54. The van der Waals surface area contributed by atoms with Crippen LogP contribution < -0.4 is 20.1 Å². The molecule has 9 atom stereocenters. The Hall–Kier alpha value is -5.12. The number of aromatic hydroxyl groups is 2. The highest BCUT2D eigenvalue weighted by Gasteiger charge is 2.49. The van der Waals surface area contributed by atoms with Crippen LogP contribution in [0.5, 0.6) is 23.0 Å². The maximum atomic E-state index is 14.4. The Kier molecular flexibility index (Phi) is 14.0. The summed E-state index contributed by atoms with van der Waals surface area (Å²) in [6, 6.07) is 1.25. The summed E-state index contributed by atoms with van der Waals surface area (Å²) >= 11 is 0. The summed E-state index contributed by atoms with van der Waals surface area (Å²) in [5, 5.41) is 51.1. The molecule has 3 aliphatic heterocycles. The minimum Gasteiger partial charge on any atom is -0.507 e. The number of esters is 1. The third-order valence-corrected chi connectivity index (χ3v) is 10.7. The second-order valence-corrected chi connectivity index (χ2v) is 16.5. The standard InChI is InChI=1S/C43H58N2O13/c1-20-14-13-15-21(2)41(53)44-27-18-29(55-19-30(47)45-42(8,9)10)31-32(37(27)51)36(50)25(6)39-33(31)40(52)43(11,58-39)56-17-16-28(54-12)22(3)38(57-26(7)46)24(5)35(49)23(4)34(20)48/h13-18,20,22-24,28,34-35,38,48-51H,19H2,1-12H3,(H,44,53)(H,45,47). The second kappa shape index (κ2) is 17.8. The fourth-order valence-corrected chi connectivity index (χ4v) is 7.35. The van der Waals surface area contributed by atoms with Gasteiger partial charge in [0.2, 0.25) is 0 Å². The normalized spacial score (nSPS) is 28.4. The van der Waals surface area contributed by atoms with E-state index in [0.29, 0.717) is 0 Å². The Labute approximate surface area is 339 Å². The fraction of sp³-hybridized carbons (Fsp3) is 0.535. The lowest BCUT2D eigenvalue weighted by Crippen LogP contribution is -2.46. The van der Waals surface area contributed by atoms with Crippen molar-refractivity contribution in [3.05, 3.63) is 53.3 Å². The Morgan fingerprint density at radius 1 is 0.966 bits per heavy atom. The highest BCUT2D eigenvalue weighted by molar-refractivity contribution is 6.21. The number of aliphatic hydroxyl groups is 2. The number of amides is 2. The van der Waals surface area contributed by atoms with Crippen LogP contribution in [0.15, 0.2) is 42.2 Å². The molecule has 0 saturated heterocycles. The molecule has 15 nitrogen and oxygen atoms in total. The zero-order chi connectivity index (χ0) is 43.6. The van der Waals surface area contributed by atoms with Gasteiger partial charge in [0.1, 0.15) is 23.4 Å². The first-order valence-electron chi connectivity index (χ1n) is 19.2. The quantitative estimate of drug-likeness (QED) is 0.166. The van der Waals surface area contributed by atoms with Crippen molar-refractivity contribution >= 4 is 40.0 Å². The van der Waals surface area contributed by atoms with Gasteiger partial charge in [-0.05, 0) is 40.7 Å². The van der Waals surface area contributed by atoms with Gasteiger partial charge in [0.05, 0.1) is 41.2 Å². The number of Topliss-reactive ketones (excluding diaryl/α,β-unsaturated/α-hetero) is 1. The SMILES string of the molecule is COC1C=COC2(C)Oc3c(C)c(O)c4c(O)c(cc(OCC(=O)NC(C)(C)C)c4c3C2=O)NC(=O)C(C)=CC=CC(C)C(O)C(C)C(O)C(C)C(OC(C)=O)C1C. The minimum atomic E-state index is -2.03. The summed E-state index contributed by atoms with van der Waals surface area (Å²) in [6.45, 7) is 17.3. The molecule has 0 saturated carbocycles. The average Bonchev–Trinajstić information content (AvgIpc) is 3.41. The van der Waals surface area contributed by atoms with Crippen molar-refractivity contribution in [1.82, 2.24) is 5.32 Å². The number of aliphatic hydroxyl groups excluding tert-OH is 2. The summed E-state index contributed by atoms with van der Waals surface area (Å²) in [5.74, 6) is -8.24. The number of hydrogen-bond acceptors (Lipinski definition) is 13. The van der Waals surface area contributed by atoms with Crippen molar-refractivity contribution < 1.29 is 63.3 Å². The van der Waals surface area contributed by atoms with E-state index in [2.05, 4.69) is 10.6 Å². The minimum absolute atomic E-state index is 0.0675. The number of methoxy groups -OCH3 is 1. The molecule has 0 aromatic heterocycles. The lowest BCUT2D eigenvalue weighted by Gasteiger charge is -2.38. The van der Waals surface area contributed by atoms with Crippen LogP contribution in [0.2, 0.25) is 0 Å². The van der Waals surface area contributed by atoms with Crippen LogP contribution in [-0.2, 0) is 28.6 Å². The number of phenolic OH excluding ortho intramolecular Hbond substituents is 2. The molecule has 3 heterocycles. The number of carbonyl (C=O) groups excluding carboxylic acids is 4.